The van der Waals surface area contributed by atoms with E-state index in [9.17, 15) is 4.79 Å². The highest BCUT2D eigenvalue weighted by atomic mass is 31.2. The summed E-state index contributed by atoms with van der Waals surface area (Å²) in [5, 5.41) is 10.8. The second kappa shape index (κ2) is 15.1. The summed E-state index contributed by atoms with van der Waals surface area (Å²) in [7, 11) is -1.83. The van der Waals surface area contributed by atoms with Crippen LogP contribution in [0, 0.1) is 5.92 Å². The first-order chi connectivity index (χ1) is 23.7. The van der Waals surface area contributed by atoms with Gasteiger partial charge in [-0.25, -0.2) is 4.68 Å². The molecule has 4 nitrogen and oxygen atoms in total. The number of hydrogen-bond acceptors (Lipinski definition) is 3. The number of aromatic nitrogens is 2. The first kappa shape index (κ1) is 32.0. The van der Waals surface area contributed by atoms with Crippen molar-refractivity contribution in [3.63, 3.8) is 0 Å². The number of hydrogen-bond donors (Lipinski definition) is 0. The Labute approximate surface area is 284 Å². The third-order valence-electron chi connectivity index (χ3n) is 9.90. The van der Waals surface area contributed by atoms with Gasteiger partial charge in [-0.3, -0.25) is 4.79 Å². The van der Waals surface area contributed by atoms with E-state index >= 15 is 0 Å². The van der Waals surface area contributed by atoms with Crippen molar-refractivity contribution < 1.29 is 4.74 Å². The lowest BCUT2D eigenvalue weighted by Crippen LogP contribution is -2.33. The zero-order valence-corrected chi connectivity index (χ0v) is 28.5. The van der Waals surface area contributed by atoms with Crippen molar-refractivity contribution in [2.45, 2.75) is 51.5 Å². The third-order valence-corrected chi connectivity index (χ3v) is 14.4. The Balaban J connectivity index is 1.06. The fourth-order valence-electron chi connectivity index (χ4n) is 7.42. The molecule has 48 heavy (non-hydrogen) atoms. The van der Waals surface area contributed by atoms with E-state index in [-0.39, 0.29) is 5.56 Å². The minimum atomic E-state index is -1.83. The first-order valence-electron chi connectivity index (χ1n) is 17.5. The molecule has 6 aromatic rings. The minimum Gasteiger partial charge on any atom is -0.494 e. The van der Waals surface area contributed by atoms with Crippen LogP contribution in [0.25, 0.3) is 22.0 Å². The zero-order valence-electron chi connectivity index (χ0n) is 27.6. The molecule has 1 aromatic heterocycles. The molecule has 0 radical (unpaired) electrons. The number of rotatable bonds is 12. The molecule has 7 rings (SSSR count). The molecule has 0 amide bonds. The van der Waals surface area contributed by atoms with Crippen molar-refractivity contribution in [1.82, 2.24) is 9.78 Å². The lowest BCUT2D eigenvalue weighted by Gasteiger charge is -2.27. The van der Waals surface area contributed by atoms with E-state index in [4.69, 9.17) is 9.84 Å². The highest BCUT2D eigenvalue weighted by Gasteiger charge is 2.44. The monoisotopic (exact) mass is 651 g/mol. The van der Waals surface area contributed by atoms with Gasteiger partial charge in [-0.1, -0.05) is 92.1 Å². The van der Waals surface area contributed by atoms with E-state index in [1.165, 1.54) is 48.0 Å². The number of nitrogens with zero attached hydrogens (tertiary/aromatic N) is 2. The van der Waals surface area contributed by atoms with Crippen LogP contribution in [0.4, 0.5) is 0 Å². The molecule has 0 spiro atoms. The molecule has 0 aliphatic heterocycles. The first-order valence-corrected chi connectivity index (χ1v) is 19.5. The Hall–Kier alpha value is -4.53. The summed E-state index contributed by atoms with van der Waals surface area (Å²) in [5.74, 6) is 1.38. The van der Waals surface area contributed by atoms with E-state index < -0.39 is 7.26 Å². The van der Waals surface area contributed by atoms with E-state index in [0.29, 0.717) is 19.1 Å². The van der Waals surface area contributed by atoms with Gasteiger partial charge >= 0.3 is 0 Å². The second-order valence-electron chi connectivity index (χ2n) is 13.0. The van der Waals surface area contributed by atoms with Gasteiger partial charge in [0.2, 0.25) is 0 Å². The molecule has 1 saturated carbocycles. The topological polar surface area (TPSA) is 44.1 Å². The highest BCUT2D eigenvalue weighted by Crippen LogP contribution is 2.55. The molecule has 0 atom stereocenters. The number of unbranched alkanes of at least 4 members (excludes halogenated alkanes) is 1. The van der Waals surface area contributed by atoms with Gasteiger partial charge in [0.05, 0.1) is 23.8 Å². The van der Waals surface area contributed by atoms with Gasteiger partial charge in [-0.15, -0.1) is 0 Å². The van der Waals surface area contributed by atoms with Crippen LogP contribution in [0.5, 0.6) is 5.75 Å². The van der Waals surface area contributed by atoms with Crippen molar-refractivity contribution >= 4 is 33.9 Å². The number of ether oxygens (including phenoxy) is 1. The summed E-state index contributed by atoms with van der Waals surface area (Å²) in [6.07, 6.45) is 9.26. The fourth-order valence-corrected chi connectivity index (χ4v) is 11.8. The molecular formula is C43H44N2O2P+. The standard InChI is InChI=1S/C43H44N2O2P/c46-43-41-26-14-13-25-40(41)42(44-45(43)33-34-17-5-1-6-18-34)35-27-29-36(30-28-35)47-31-15-16-32-48(37-19-7-2-8-20-37,38-21-9-3-10-22-38)39-23-11-4-12-24-39/h2-4,7-14,19-30,34H,1,5-6,15-18,31-33H2/q+1. The van der Waals surface area contributed by atoms with Crippen LogP contribution < -0.4 is 26.2 Å². The van der Waals surface area contributed by atoms with Crippen LogP contribution in [0.1, 0.15) is 44.9 Å². The molecule has 242 valence electrons. The van der Waals surface area contributed by atoms with E-state index in [2.05, 4.69) is 103 Å². The van der Waals surface area contributed by atoms with Gasteiger partial charge in [0.1, 0.15) is 28.9 Å². The van der Waals surface area contributed by atoms with Gasteiger partial charge in [0.25, 0.3) is 5.56 Å². The largest absolute Gasteiger partial charge is 0.494 e. The van der Waals surface area contributed by atoms with E-state index in [0.717, 1.165) is 46.8 Å². The molecule has 0 bridgehead atoms. The smallest absolute Gasteiger partial charge is 0.274 e. The summed E-state index contributed by atoms with van der Waals surface area (Å²) in [4.78, 5) is 13.4. The van der Waals surface area contributed by atoms with Crippen LogP contribution in [-0.4, -0.2) is 22.5 Å². The summed E-state index contributed by atoms with van der Waals surface area (Å²) < 4.78 is 8.02. The molecule has 0 unspecified atom stereocenters. The van der Waals surface area contributed by atoms with E-state index in [1.54, 1.807) is 4.68 Å². The Morgan fingerprint density at radius 1 is 0.625 bits per heavy atom. The fraction of sp³-hybridized carbons (Fsp3) is 0.256. The molecule has 5 heteroatoms. The maximum absolute atomic E-state index is 13.4. The van der Waals surface area contributed by atoms with Crippen molar-refractivity contribution in [2.75, 3.05) is 12.8 Å². The van der Waals surface area contributed by atoms with Crippen LogP contribution in [0.3, 0.4) is 0 Å². The molecule has 0 saturated heterocycles. The minimum absolute atomic E-state index is 0.0122. The predicted molar refractivity (Wildman–Crippen MR) is 203 cm³/mol. The summed E-state index contributed by atoms with van der Waals surface area (Å²) >= 11 is 0. The average Bonchev–Trinajstić information content (AvgIpc) is 3.16. The van der Waals surface area contributed by atoms with Gasteiger partial charge in [-0.05, 0) is 98.3 Å². The van der Waals surface area contributed by atoms with Crippen molar-refractivity contribution in [3.8, 4) is 17.0 Å². The summed E-state index contributed by atoms with van der Waals surface area (Å²) in [6.45, 7) is 1.35. The Bertz CT molecular complexity index is 1870. The van der Waals surface area contributed by atoms with Gasteiger partial charge in [0, 0.05) is 17.5 Å². The molecule has 1 aliphatic rings. The van der Waals surface area contributed by atoms with Gasteiger partial charge < -0.3 is 4.74 Å². The second-order valence-corrected chi connectivity index (χ2v) is 16.6. The molecule has 1 aliphatic carbocycles. The zero-order chi connectivity index (χ0) is 32.6. The van der Waals surface area contributed by atoms with Crippen LogP contribution in [0.2, 0.25) is 0 Å². The molecule has 5 aromatic carbocycles. The highest BCUT2D eigenvalue weighted by molar-refractivity contribution is 7.95. The van der Waals surface area contributed by atoms with E-state index in [1.807, 2.05) is 36.4 Å². The molecule has 0 N–H and O–H groups in total. The molecular weight excluding hydrogens is 607 g/mol. The van der Waals surface area contributed by atoms with Crippen molar-refractivity contribution in [2.24, 2.45) is 5.92 Å². The maximum atomic E-state index is 13.4. The Morgan fingerprint density at radius 3 is 1.75 bits per heavy atom. The lowest BCUT2D eigenvalue weighted by atomic mass is 9.89. The van der Waals surface area contributed by atoms with Gasteiger partial charge in [0.15, 0.2) is 0 Å². The Morgan fingerprint density at radius 2 is 1.17 bits per heavy atom. The van der Waals surface area contributed by atoms with Gasteiger partial charge in [-0.2, -0.15) is 5.10 Å². The number of fused-ring (bicyclic) bond motifs is 1. The summed E-state index contributed by atoms with van der Waals surface area (Å²) in [5.41, 5.74) is 1.87. The molecule has 1 fully saturated rings. The Kier molecular flexibility index (Phi) is 10.1. The predicted octanol–water partition coefficient (Wildman–Crippen LogP) is 8.80. The van der Waals surface area contributed by atoms with Crippen LogP contribution in [0.15, 0.2) is 144 Å². The SMILES string of the molecule is O=c1c2ccccc2c(-c2ccc(OCCCC[P+](c3ccccc3)(c3ccccc3)c3ccccc3)cc2)nn1CC1CCCCC1. The number of benzene rings is 5. The third kappa shape index (κ3) is 6.86. The van der Waals surface area contributed by atoms with Crippen molar-refractivity contribution in [1.29, 1.82) is 0 Å². The quantitative estimate of drug-likeness (QED) is 0.0982. The average molecular weight is 652 g/mol. The molecule has 1 heterocycles. The lowest BCUT2D eigenvalue weighted by molar-refractivity contribution is 0.304. The van der Waals surface area contributed by atoms with Crippen LogP contribution >= 0.6 is 7.26 Å². The van der Waals surface area contributed by atoms with Crippen molar-refractivity contribution in [3.05, 3.63) is 150 Å². The van der Waals surface area contributed by atoms with Crippen LogP contribution in [-0.2, 0) is 6.54 Å². The maximum Gasteiger partial charge on any atom is 0.274 e. The summed E-state index contributed by atoms with van der Waals surface area (Å²) in [6, 6.07) is 49.4. The normalized spacial score (nSPS) is 13.8.